The highest BCUT2D eigenvalue weighted by Crippen LogP contribution is 2.19. The van der Waals surface area contributed by atoms with Crippen LogP contribution in [-0.2, 0) is 17.9 Å². The van der Waals surface area contributed by atoms with Gasteiger partial charge in [0.15, 0.2) is 6.61 Å². The molecule has 0 aliphatic heterocycles. The predicted octanol–water partition coefficient (Wildman–Crippen LogP) is 5.01. The first-order valence-corrected chi connectivity index (χ1v) is 9.18. The molecule has 1 heterocycles. The van der Waals surface area contributed by atoms with Gasteiger partial charge < -0.3 is 14.1 Å². The summed E-state index contributed by atoms with van der Waals surface area (Å²) in [5, 5.41) is 0. The SMILES string of the molecule is CC(C)c1ccc(OCC(=O)N(Cc2ccccc2)Cc2ccco2)cc1. The van der Waals surface area contributed by atoms with Crippen LogP contribution in [0.5, 0.6) is 5.75 Å². The maximum atomic E-state index is 12.8. The van der Waals surface area contributed by atoms with Crippen LogP contribution in [-0.4, -0.2) is 17.4 Å². The zero-order valence-corrected chi connectivity index (χ0v) is 15.8. The molecule has 0 unspecified atom stereocenters. The quantitative estimate of drug-likeness (QED) is 0.565. The van der Waals surface area contributed by atoms with Gasteiger partial charge in [-0.05, 0) is 41.3 Å². The van der Waals surface area contributed by atoms with Crippen molar-refractivity contribution >= 4 is 5.91 Å². The van der Waals surface area contributed by atoms with E-state index in [0.717, 1.165) is 11.3 Å². The van der Waals surface area contributed by atoms with E-state index < -0.39 is 0 Å². The lowest BCUT2D eigenvalue weighted by Crippen LogP contribution is -2.34. The number of benzene rings is 2. The molecule has 2 aromatic carbocycles. The summed E-state index contributed by atoms with van der Waals surface area (Å²) in [6, 6.07) is 21.5. The summed E-state index contributed by atoms with van der Waals surface area (Å²) in [5.41, 5.74) is 2.32. The average Bonchev–Trinajstić information content (AvgIpc) is 3.20. The van der Waals surface area contributed by atoms with Gasteiger partial charge in [-0.1, -0.05) is 56.3 Å². The Bertz CT molecular complexity index is 824. The van der Waals surface area contributed by atoms with Crippen molar-refractivity contribution < 1.29 is 13.9 Å². The Morgan fingerprint density at radius 1 is 0.963 bits per heavy atom. The predicted molar refractivity (Wildman–Crippen MR) is 105 cm³/mol. The Balaban J connectivity index is 1.64. The van der Waals surface area contributed by atoms with Crippen molar-refractivity contribution in [1.82, 2.24) is 4.90 Å². The second-order valence-corrected chi connectivity index (χ2v) is 6.83. The van der Waals surface area contributed by atoms with Crippen molar-refractivity contribution in [3.8, 4) is 5.75 Å². The van der Waals surface area contributed by atoms with Crippen molar-refractivity contribution in [2.45, 2.75) is 32.9 Å². The molecule has 3 rings (SSSR count). The van der Waals surface area contributed by atoms with E-state index in [0.29, 0.717) is 24.8 Å². The molecule has 4 nitrogen and oxygen atoms in total. The van der Waals surface area contributed by atoms with E-state index in [9.17, 15) is 4.79 Å². The molecule has 0 aliphatic rings. The highest BCUT2D eigenvalue weighted by atomic mass is 16.5. The molecule has 0 atom stereocenters. The Morgan fingerprint density at radius 2 is 1.70 bits per heavy atom. The minimum absolute atomic E-state index is 0.00539. The number of ether oxygens (including phenoxy) is 1. The zero-order chi connectivity index (χ0) is 19.1. The summed E-state index contributed by atoms with van der Waals surface area (Å²) in [4.78, 5) is 14.5. The second kappa shape index (κ2) is 9.08. The maximum absolute atomic E-state index is 12.8. The lowest BCUT2D eigenvalue weighted by molar-refractivity contribution is -0.134. The number of amides is 1. The maximum Gasteiger partial charge on any atom is 0.261 e. The monoisotopic (exact) mass is 363 g/mol. The number of rotatable bonds is 8. The van der Waals surface area contributed by atoms with Gasteiger partial charge >= 0.3 is 0 Å². The number of hydrogen-bond donors (Lipinski definition) is 0. The highest BCUT2D eigenvalue weighted by Gasteiger charge is 2.17. The van der Waals surface area contributed by atoms with Gasteiger partial charge in [0.25, 0.3) is 5.91 Å². The molecular weight excluding hydrogens is 338 g/mol. The molecule has 140 valence electrons. The molecule has 0 N–H and O–H groups in total. The summed E-state index contributed by atoms with van der Waals surface area (Å²) in [6.45, 7) is 5.21. The summed E-state index contributed by atoms with van der Waals surface area (Å²) >= 11 is 0. The smallest absolute Gasteiger partial charge is 0.261 e. The first-order valence-electron chi connectivity index (χ1n) is 9.18. The van der Waals surface area contributed by atoms with Crippen LogP contribution in [0.2, 0.25) is 0 Å². The van der Waals surface area contributed by atoms with E-state index in [1.54, 1.807) is 11.2 Å². The fraction of sp³-hybridized carbons (Fsp3) is 0.261. The summed E-state index contributed by atoms with van der Waals surface area (Å²) < 4.78 is 11.1. The summed E-state index contributed by atoms with van der Waals surface area (Å²) in [5.74, 6) is 1.84. The summed E-state index contributed by atoms with van der Waals surface area (Å²) in [6.07, 6.45) is 1.62. The lowest BCUT2D eigenvalue weighted by atomic mass is 10.0. The first-order chi connectivity index (χ1) is 13.1. The second-order valence-electron chi connectivity index (χ2n) is 6.83. The first kappa shape index (κ1) is 18.8. The number of nitrogens with zero attached hydrogens (tertiary/aromatic N) is 1. The van der Waals surface area contributed by atoms with Crippen LogP contribution in [0.3, 0.4) is 0 Å². The molecule has 1 amide bonds. The van der Waals surface area contributed by atoms with E-state index in [-0.39, 0.29) is 12.5 Å². The van der Waals surface area contributed by atoms with Crippen molar-refractivity contribution in [2.24, 2.45) is 0 Å². The normalized spacial score (nSPS) is 10.8. The molecule has 0 aliphatic carbocycles. The molecule has 4 heteroatoms. The third-order valence-electron chi connectivity index (χ3n) is 4.40. The number of furan rings is 1. The molecular formula is C23H25NO3. The van der Waals surface area contributed by atoms with Crippen molar-refractivity contribution in [3.63, 3.8) is 0 Å². The third-order valence-corrected chi connectivity index (χ3v) is 4.40. The van der Waals surface area contributed by atoms with Gasteiger partial charge in [-0.2, -0.15) is 0 Å². The lowest BCUT2D eigenvalue weighted by Gasteiger charge is -2.22. The van der Waals surface area contributed by atoms with Crippen LogP contribution < -0.4 is 4.74 Å². The summed E-state index contributed by atoms with van der Waals surface area (Å²) in [7, 11) is 0. The van der Waals surface area contributed by atoms with Gasteiger partial charge in [0.1, 0.15) is 11.5 Å². The topological polar surface area (TPSA) is 42.7 Å². The van der Waals surface area contributed by atoms with Crippen LogP contribution in [0.15, 0.2) is 77.4 Å². The Kier molecular flexibility index (Phi) is 6.31. The fourth-order valence-corrected chi connectivity index (χ4v) is 2.81. The standard InChI is InChI=1S/C23H25NO3/c1-18(2)20-10-12-21(13-11-20)27-17-23(25)24(16-22-9-6-14-26-22)15-19-7-4-3-5-8-19/h3-14,18H,15-17H2,1-2H3. The molecule has 0 saturated heterocycles. The van der Waals surface area contributed by atoms with Gasteiger partial charge in [0, 0.05) is 6.54 Å². The average molecular weight is 363 g/mol. The molecule has 0 saturated carbocycles. The minimum atomic E-state index is -0.0804. The Labute approximate surface area is 160 Å². The van der Waals surface area contributed by atoms with E-state index in [1.165, 1.54) is 5.56 Å². The van der Waals surface area contributed by atoms with Gasteiger partial charge in [-0.3, -0.25) is 4.79 Å². The van der Waals surface area contributed by atoms with Gasteiger partial charge in [-0.25, -0.2) is 0 Å². The van der Waals surface area contributed by atoms with Crippen molar-refractivity contribution in [2.75, 3.05) is 6.61 Å². The van der Waals surface area contributed by atoms with Crippen LogP contribution in [0.25, 0.3) is 0 Å². The minimum Gasteiger partial charge on any atom is -0.484 e. The molecule has 3 aromatic rings. The van der Waals surface area contributed by atoms with Gasteiger partial charge in [0.05, 0.1) is 12.8 Å². The van der Waals surface area contributed by atoms with Crippen LogP contribution in [0.1, 0.15) is 36.7 Å². The Hall–Kier alpha value is -3.01. The van der Waals surface area contributed by atoms with Crippen molar-refractivity contribution in [1.29, 1.82) is 0 Å². The number of carbonyl (C=O) groups is 1. The van der Waals surface area contributed by atoms with Gasteiger partial charge in [0.2, 0.25) is 0 Å². The highest BCUT2D eigenvalue weighted by molar-refractivity contribution is 5.77. The molecule has 27 heavy (non-hydrogen) atoms. The molecule has 0 fully saturated rings. The third kappa shape index (κ3) is 5.48. The largest absolute Gasteiger partial charge is 0.484 e. The van der Waals surface area contributed by atoms with Crippen LogP contribution in [0.4, 0.5) is 0 Å². The van der Waals surface area contributed by atoms with E-state index >= 15 is 0 Å². The Morgan fingerprint density at radius 3 is 2.33 bits per heavy atom. The number of hydrogen-bond acceptors (Lipinski definition) is 3. The number of carbonyl (C=O) groups excluding carboxylic acids is 1. The van der Waals surface area contributed by atoms with Gasteiger partial charge in [-0.15, -0.1) is 0 Å². The van der Waals surface area contributed by atoms with Crippen molar-refractivity contribution in [3.05, 3.63) is 89.9 Å². The van der Waals surface area contributed by atoms with Crippen LogP contribution in [0, 0.1) is 0 Å². The molecule has 0 spiro atoms. The molecule has 1 aromatic heterocycles. The van der Waals surface area contributed by atoms with E-state index in [2.05, 4.69) is 13.8 Å². The van der Waals surface area contributed by atoms with E-state index in [4.69, 9.17) is 9.15 Å². The molecule has 0 bridgehead atoms. The van der Waals surface area contributed by atoms with Crippen LogP contribution >= 0.6 is 0 Å². The fourth-order valence-electron chi connectivity index (χ4n) is 2.81. The van der Waals surface area contributed by atoms with E-state index in [1.807, 2.05) is 66.7 Å². The zero-order valence-electron chi connectivity index (χ0n) is 15.8. The molecule has 0 radical (unpaired) electrons.